The molecule has 4 heteroatoms. The first-order chi connectivity index (χ1) is 7.65. The molecule has 0 atom stereocenters. The van der Waals surface area contributed by atoms with Gasteiger partial charge in [-0.25, -0.2) is 4.98 Å². The van der Waals surface area contributed by atoms with Crippen LogP contribution in [0.5, 0.6) is 11.6 Å². The number of aromatic nitrogens is 2. The van der Waals surface area contributed by atoms with E-state index in [0.717, 1.165) is 20.8 Å². The van der Waals surface area contributed by atoms with Crippen molar-refractivity contribution in [1.82, 2.24) is 9.97 Å². The minimum atomic E-state index is 0.592. The highest BCUT2D eigenvalue weighted by Crippen LogP contribution is 2.25. The maximum absolute atomic E-state index is 5.71. The second-order valence-electron chi connectivity index (χ2n) is 3.43. The van der Waals surface area contributed by atoms with Gasteiger partial charge in [0.05, 0.1) is 3.57 Å². The Bertz CT molecular complexity index is 494. The number of rotatable bonds is 2. The van der Waals surface area contributed by atoms with Gasteiger partial charge in [-0.1, -0.05) is 12.1 Å². The Morgan fingerprint density at radius 1 is 1.12 bits per heavy atom. The Balaban J connectivity index is 2.30. The van der Waals surface area contributed by atoms with Crippen LogP contribution in [0.25, 0.3) is 0 Å². The predicted octanol–water partition coefficient (Wildman–Crippen LogP) is 3.49. The van der Waals surface area contributed by atoms with Gasteiger partial charge in [-0.05, 0) is 48.6 Å². The van der Waals surface area contributed by atoms with Gasteiger partial charge in [0.25, 0.3) is 0 Å². The number of hydrogen-bond donors (Lipinski definition) is 0. The Morgan fingerprint density at radius 2 is 1.88 bits per heavy atom. The molecule has 0 saturated carbocycles. The van der Waals surface area contributed by atoms with Gasteiger partial charge in [0.2, 0.25) is 5.88 Å². The molecular weight excluding hydrogens is 315 g/mol. The third kappa shape index (κ3) is 2.69. The van der Waals surface area contributed by atoms with Gasteiger partial charge < -0.3 is 4.74 Å². The summed E-state index contributed by atoms with van der Waals surface area (Å²) in [7, 11) is 0. The molecule has 0 bridgehead atoms. The van der Waals surface area contributed by atoms with E-state index in [0.29, 0.717) is 5.88 Å². The molecule has 0 amide bonds. The largest absolute Gasteiger partial charge is 0.438 e. The van der Waals surface area contributed by atoms with Gasteiger partial charge in [0, 0.05) is 11.8 Å². The molecule has 0 fully saturated rings. The number of aryl methyl sites for hydroxylation is 2. The average molecular weight is 326 g/mol. The van der Waals surface area contributed by atoms with Crippen LogP contribution in [-0.2, 0) is 0 Å². The SMILES string of the molecule is Cc1cc(Oc2ccccc2I)nc(C)n1. The minimum Gasteiger partial charge on any atom is -0.438 e. The normalized spacial score (nSPS) is 10.2. The first kappa shape index (κ1) is 11.3. The zero-order valence-electron chi connectivity index (χ0n) is 9.07. The highest BCUT2D eigenvalue weighted by Gasteiger charge is 2.04. The molecule has 0 saturated heterocycles. The van der Waals surface area contributed by atoms with Crippen molar-refractivity contribution in [3.05, 3.63) is 45.4 Å². The Hall–Kier alpha value is -1.17. The summed E-state index contributed by atoms with van der Waals surface area (Å²) in [6.07, 6.45) is 0. The van der Waals surface area contributed by atoms with Crippen molar-refractivity contribution >= 4 is 22.6 Å². The zero-order chi connectivity index (χ0) is 11.5. The molecular formula is C12H11IN2O. The van der Waals surface area contributed by atoms with Gasteiger partial charge in [-0.2, -0.15) is 4.98 Å². The Kier molecular flexibility index (Phi) is 3.38. The van der Waals surface area contributed by atoms with E-state index < -0.39 is 0 Å². The lowest BCUT2D eigenvalue weighted by molar-refractivity contribution is 0.456. The second-order valence-corrected chi connectivity index (χ2v) is 4.59. The lowest BCUT2D eigenvalue weighted by Crippen LogP contribution is -1.95. The fourth-order valence-electron chi connectivity index (χ4n) is 1.38. The molecule has 16 heavy (non-hydrogen) atoms. The predicted molar refractivity (Wildman–Crippen MR) is 70.7 cm³/mol. The van der Waals surface area contributed by atoms with Crippen molar-refractivity contribution in [2.45, 2.75) is 13.8 Å². The van der Waals surface area contributed by atoms with Crippen molar-refractivity contribution in [1.29, 1.82) is 0 Å². The summed E-state index contributed by atoms with van der Waals surface area (Å²) in [5.74, 6) is 2.13. The van der Waals surface area contributed by atoms with Gasteiger partial charge in [-0.15, -0.1) is 0 Å². The second kappa shape index (κ2) is 4.78. The molecule has 82 valence electrons. The molecule has 1 aromatic heterocycles. The van der Waals surface area contributed by atoms with E-state index in [-0.39, 0.29) is 0 Å². The summed E-state index contributed by atoms with van der Waals surface area (Å²) in [6, 6.07) is 9.67. The molecule has 0 radical (unpaired) electrons. The van der Waals surface area contributed by atoms with Gasteiger partial charge in [-0.3, -0.25) is 0 Å². The van der Waals surface area contributed by atoms with Crippen LogP contribution in [0.3, 0.4) is 0 Å². The first-order valence-electron chi connectivity index (χ1n) is 4.90. The molecule has 3 nitrogen and oxygen atoms in total. The van der Waals surface area contributed by atoms with E-state index >= 15 is 0 Å². The van der Waals surface area contributed by atoms with E-state index in [1.165, 1.54) is 0 Å². The number of halogens is 1. The smallest absolute Gasteiger partial charge is 0.222 e. The lowest BCUT2D eigenvalue weighted by atomic mass is 10.3. The topological polar surface area (TPSA) is 35.0 Å². The van der Waals surface area contributed by atoms with Crippen LogP contribution >= 0.6 is 22.6 Å². The maximum atomic E-state index is 5.71. The van der Waals surface area contributed by atoms with E-state index in [2.05, 4.69) is 32.6 Å². The summed E-state index contributed by atoms with van der Waals surface area (Å²) < 4.78 is 6.78. The molecule has 0 spiro atoms. The van der Waals surface area contributed by atoms with Crippen molar-refractivity contribution in [3.63, 3.8) is 0 Å². The van der Waals surface area contributed by atoms with E-state index in [1.54, 1.807) is 0 Å². The monoisotopic (exact) mass is 326 g/mol. The number of benzene rings is 1. The van der Waals surface area contributed by atoms with E-state index in [4.69, 9.17) is 4.74 Å². The molecule has 2 rings (SSSR count). The standard InChI is InChI=1S/C12H11IN2O/c1-8-7-12(15-9(2)14-8)16-11-6-4-3-5-10(11)13/h3-7H,1-2H3. The van der Waals surface area contributed by atoms with Crippen molar-refractivity contribution in [2.24, 2.45) is 0 Å². The number of nitrogens with zero attached hydrogens (tertiary/aromatic N) is 2. The van der Waals surface area contributed by atoms with Crippen molar-refractivity contribution in [3.8, 4) is 11.6 Å². The minimum absolute atomic E-state index is 0.592. The van der Waals surface area contributed by atoms with Crippen LogP contribution in [0.2, 0.25) is 0 Å². The summed E-state index contributed by atoms with van der Waals surface area (Å²) in [4.78, 5) is 8.44. The summed E-state index contributed by atoms with van der Waals surface area (Å²) in [5, 5.41) is 0. The first-order valence-corrected chi connectivity index (χ1v) is 5.98. The van der Waals surface area contributed by atoms with Gasteiger partial charge in [0.15, 0.2) is 0 Å². The number of hydrogen-bond acceptors (Lipinski definition) is 3. The lowest BCUT2D eigenvalue weighted by Gasteiger charge is -2.07. The van der Waals surface area contributed by atoms with Gasteiger partial charge >= 0.3 is 0 Å². The molecule has 1 heterocycles. The zero-order valence-corrected chi connectivity index (χ0v) is 11.2. The van der Waals surface area contributed by atoms with Crippen LogP contribution in [0.4, 0.5) is 0 Å². The Morgan fingerprint density at radius 3 is 2.56 bits per heavy atom. The van der Waals surface area contributed by atoms with Crippen molar-refractivity contribution in [2.75, 3.05) is 0 Å². The number of ether oxygens (including phenoxy) is 1. The van der Waals surface area contributed by atoms with Crippen LogP contribution in [0, 0.1) is 17.4 Å². The molecule has 0 unspecified atom stereocenters. The molecule has 2 aromatic rings. The Labute approximate surface area is 108 Å². The summed E-state index contributed by atoms with van der Waals surface area (Å²) in [5.41, 5.74) is 0.911. The fraction of sp³-hybridized carbons (Fsp3) is 0.167. The van der Waals surface area contributed by atoms with Gasteiger partial charge in [0.1, 0.15) is 11.6 Å². The highest BCUT2D eigenvalue weighted by atomic mass is 127. The summed E-state index contributed by atoms with van der Waals surface area (Å²) in [6.45, 7) is 3.79. The van der Waals surface area contributed by atoms with Crippen LogP contribution in [0.15, 0.2) is 30.3 Å². The van der Waals surface area contributed by atoms with E-state index in [9.17, 15) is 0 Å². The van der Waals surface area contributed by atoms with Crippen LogP contribution in [0.1, 0.15) is 11.5 Å². The molecule has 1 aromatic carbocycles. The fourth-order valence-corrected chi connectivity index (χ4v) is 1.87. The molecule has 0 aliphatic heterocycles. The highest BCUT2D eigenvalue weighted by molar-refractivity contribution is 14.1. The third-order valence-electron chi connectivity index (χ3n) is 1.99. The maximum Gasteiger partial charge on any atom is 0.222 e. The third-order valence-corrected chi connectivity index (χ3v) is 2.88. The molecule has 0 N–H and O–H groups in total. The molecule has 0 aliphatic carbocycles. The summed E-state index contributed by atoms with van der Waals surface area (Å²) >= 11 is 2.24. The molecule has 0 aliphatic rings. The van der Waals surface area contributed by atoms with Crippen molar-refractivity contribution < 1.29 is 4.74 Å². The van der Waals surface area contributed by atoms with Crippen LogP contribution in [-0.4, -0.2) is 9.97 Å². The number of para-hydroxylation sites is 1. The quantitative estimate of drug-likeness (QED) is 0.793. The van der Waals surface area contributed by atoms with Crippen LogP contribution < -0.4 is 4.74 Å². The average Bonchev–Trinajstić information content (AvgIpc) is 2.20. The van der Waals surface area contributed by atoms with E-state index in [1.807, 2.05) is 44.2 Å².